The van der Waals surface area contributed by atoms with Crippen molar-refractivity contribution in [2.24, 2.45) is 16.4 Å². The molecule has 55 heavy (non-hydrogen) atoms. The zero-order valence-corrected chi connectivity index (χ0v) is 34.3. The summed E-state index contributed by atoms with van der Waals surface area (Å²) in [7, 11) is 5.09. The van der Waals surface area contributed by atoms with Gasteiger partial charge in [0.15, 0.2) is 11.5 Å². The lowest BCUT2D eigenvalue weighted by Gasteiger charge is -2.50. The molecule has 3 heterocycles. The minimum atomic E-state index is -0.476. The van der Waals surface area contributed by atoms with Crippen molar-refractivity contribution in [3.63, 3.8) is 0 Å². The molecular formula is C41H58ClN7O6. The summed E-state index contributed by atoms with van der Waals surface area (Å²) in [5.74, 6) is 7.51. The Hall–Kier alpha value is -4.43. The topological polar surface area (TPSA) is 144 Å². The Labute approximate surface area is 331 Å². The largest absolute Gasteiger partial charge is 0.495 e. The van der Waals surface area contributed by atoms with Gasteiger partial charge in [0, 0.05) is 93.4 Å². The van der Waals surface area contributed by atoms with Crippen molar-refractivity contribution in [1.82, 2.24) is 19.7 Å². The minimum Gasteiger partial charge on any atom is -0.495 e. The Bertz CT molecular complexity index is 1740. The van der Waals surface area contributed by atoms with Gasteiger partial charge in [0.1, 0.15) is 5.75 Å². The minimum absolute atomic E-state index is 0.0567. The SMILES string of the molecule is CNc1ccc(OC)c(Cl)c1.COc1cc(/C(Cc2ccncc2)=N\N)c(C(C)N2CCN(C(=O)C=O)CC2)cc1OCC(C)(C)C(C)(C)N1CCOCC1. The second-order valence-electron chi connectivity index (χ2n) is 14.8. The third-order valence-corrected chi connectivity index (χ3v) is 11.4. The number of morpholine rings is 1. The van der Waals surface area contributed by atoms with Gasteiger partial charge in [-0.3, -0.25) is 24.4 Å². The van der Waals surface area contributed by atoms with E-state index in [4.69, 9.17) is 36.4 Å². The van der Waals surface area contributed by atoms with Gasteiger partial charge in [-0.1, -0.05) is 25.4 Å². The van der Waals surface area contributed by atoms with Gasteiger partial charge in [0.25, 0.3) is 5.91 Å². The van der Waals surface area contributed by atoms with Crippen LogP contribution in [0.3, 0.4) is 0 Å². The van der Waals surface area contributed by atoms with Crippen molar-refractivity contribution in [2.45, 2.75) is 52.6 Å². The van der Waals surface area contributed by atoms with E-state index in [2.05, 4.69) is 65.9 Å². The van der Waals surface area contributed by atoms with E-state index in [-0.39, 0.29) is 17.0 Å². The summed E-state index contributed by atoms with van der Waals surface area (Å²) < 4.78 is 23.1. The Morgan fingerprint density at radius 1 is 0.982 bits per heavy atom. The summed E-state index contributed by atoms with van der Waals surface area (Å²) in [5.41, 5.74) is 4.27. The molecule has 14 heteroatoms. The van der Waals surface area contributed by atoms with E-state index in [1.807, 2.05) is 43.4 Å². The molecule has 300 valence electrons. The van der Waals surface area contributed by atoms with Gasteiger partial charge in [-0.25, -0.2) is 0 Å². The molecule has 1 aromatic heterocycles. The zero-order chi connectivity index (χ0) is 40.2. The van der Waals surface area contributed by atoms with Crippen LogP contribution in [0.5, 0.6) is 17.2 Å². The molecule has 0 saturated carbocycles. The summed E-state index contributed by atoms with van der Waals surface area (Å²) in [6.45, 7) is 17.1. The number of piperazine rings is 1. The van der Waals surface area contributed by atoms with Gasteiger partial charge < -0.3 is 35.0 Å². The fourth-order valence-corrected chi connectivity index (χ4v) is 7.01. The highest BCUT2D eigenvalue weighted by Crippen LogP contribution is 2.40. The molecule has 2 aliphatic heterocycles. The maximum absolute atomic E-state index is 12.0. The number of aldehydes is 1. The molecule has 3 aromatic rings. The van der Waals surface area contributed by atoms with E-state index in [9.17, 15) is 9.59 Å². The smallest absolute Gasteiger partial charge is 0.286 e. The average Bonchev–Trinajstić information content (AvgIpc) is 3.22. The third kappa shape index (κ3) is 10.9. The van der Waals surface area contributed by atoms with Crippen LogP contribution in [-0.4, -0.2) is 123 Å². The van der Waals surface area contributed by atoms with Crippen LogP contribution in [0.25, 0.3) is 0 Å². The van der Waals surface area contributed by atoms with Crippen LogP contribution >= 0.6 is 11.6 Å². The Morgan fingerprint density at radius 2 is 1.64 bits per heavy atom. The van der Waals surface area contributed by atoms with Gasteiger partial charge in [-0.2, -0.15) is 5.10 Å². The number of hydrogen-bond acceptors (Lipinski definition) is 12. The first kappa shape index (κ1) is 43.3. The molecule has 2 aliphatic rings. The lowest BCUT2D eigenvalue weighted by molar-refractivity contribution is -0.140. The third-order valence-electron chi connectivity index (χ3n) is 11.1. The number of carbonyl (C=O) groups excluding carboxylic acids is 2. The second-order valence-corrected chi connectivity index (χ2v) is 15.2. The van der Waals surface area contributed by atoms with E-state index < -0.39 is 5.91 Å². The van der Waals surface area contributed by atoms with Crippen LogP contribution < -0.4 is 25.4 Å². The number of hydrogen-bond donors (Lipinski definition) is 2. The summed E-state index contributed by atoms with van der Waals surface area (Å²) in [4.78, 5) is 33.5. The number of halogens is 1. The molecule has 2 aromatic carbocycles. The molecule has 1 amide bonds. The standard InChI is InChI=1S/C33H48N6O5.C8H10ClNO/c1-24(37-11-13-38(14-12-37)31(41)22-40)26-20-30(44-23-32(2,3)33(4,5)39-15-17-43-18-16-39)29(42-6)21-27(26)28(36-34)19-25-7-9-35-10-8-25;1-10-6-3-4-8(11-2)7(9)5-6/h7-10,20-22,24H,11-19,23,34H2,1-6H3;3-5,10H,1-2H3/b36-28-;. The number of nitrogens with one attached hydrogen (secondary N) is 1. The number of hydrazone groups is 1. The first-order valence-electron chi connectivity index (χ1n) is 18.6. The van der Waals surface area contributed by atoms with Crippen molar-refractivity contribution in [2.75, 3.05) is 85.7 Å². The molecule has 0 spiro atoms. The Balaban J connectivity index is 0.000000525. The van der Waals surface area contributed by atoms with Crippen molar-refractivity contribution in [1.29, 1.82) is 0 Å². The summed E-state index contributed by atoms with van der Waals surface area (Å²) in [6.07, 6.45) is 4.41. The molecule has 13 nitrogen and oxygen atoms in total. The van der Waals surface area contributed by atoms with Gasteiger partial charge in [-0.15, -0.1) is 0 Å². The Kier molecular flexibility index (Phi) is 15.7. The van der Waals surface area contributed by atoms with E-state index in [0.29, 0.717) is 73.5 Å². The van der Waals surface area contributed by atoms with E-state index >= 15 is 0 Å². The molecular weight excluding hydrogens is 722 g/mol. The van der Waals surface area contributed by atoms with Crippen LogP contribution in [0.4, 0.5) is 5.69 Å². The number of anilines is 1. The van der Waals surface area contributed by atoms with E-state index in [1.54, 1.807) is 31.5 Å². The summed E-state index contributed by atoms with van der Waals surface area (Å²) >= 11 is 5.84. The number of amides is 1. The molecule has 0 aliphatic carbocycles. The average molecular weight is 780 g/mol. The van der Waals surface area contributed by atoms with Gasteiger partial charge >= 0.3 is 0 Å². The first-order valence-corrected chi connectivity index (χ1v) is 19.0. The van der Waals surface area contributed by atoms with Crippen molar-refractivity contribution >= 4 is 35.2 Å². The molecule has 0 bridgehead atoms. The Morgan fingerprint density at radius 3 is 2.20 bits per heavy atom. The van der Waals surface area contributed by atoms with Crippen LogP contribution in [-0.2, 0) is 20.7 Å². The fraction of sp³-hybridized carbons (Fsp3) is 0.512. The van der Waals surface area contributed by atoms with Crippen molar-refractivity contribution < 1.29 is 28.5 Å². The van der Waals surface area contributed by atoms with Crippen LogP contribution in [0.1, 0.15) is 57.4 Å². The number of rotatable bonds is 14. The zero-order valence-electron chi connectivity index (χ0n) is 33.6. The monoisotopic (exact) mass is 779 g/mol. The lowest BCUT2D eigenvalue weighted by Crippen LogP contribution is -2.59. The highest BCUT2D eigenvalue weighted by atomic mass is 35.5. The normalized spacial score (nSPS) is 16.4. The molecule has 2 saturated heterocycles. The molecule has 3 N–H and O–H groups in total. The highest BCUT2D eigenvalue weighted by Gasteiger charge is 2.43. The van der Waals surface area contributed by atoms with Crippen molar-refractivity contribution in [3.8, 4) is 17.2 Å². The molecule has 1 unspecified atom stereocenters. The molecule has 5 rings (SSSR count). The van der Waals surface area contributed by atoms with Crippen LogP contribution in [0.2, 0.25) is 5.02 Å². The van der Waals surface area contributed by atoms with Crippen molar-refractivity contribution in [3.05, 3.63) is 76.6 Å². The number of benzene rings is 2. The lowest BCUT2D eigenvalue weighted by atomic mass is 9.73. The predicted octanol–water partition coefficient (Wildman–Crippen LogP) is 5.31. The number of nitrogens with two attached hydrogens (primary N) is 1. The van der Waals surface area contributed by atoms with Gasteiger partial charge in [0.2, 0.25) is 6.29 Å². The summed E-state index contributed by atoms with van der Waals surface area (Å²) in [6, 6.07) is 13.4. The number of aromatic nitrogens is 1. The summed E-state index contributed by atoms with van der Waals surface area (Å²) in [5, 5.41) is 7.84. The highest BCUT2D eigenvalue weighted by molar-refractivity contribution is 6.32. The number of nitrogens with zero attached hydrogens (tertiary/aromatic N) is 5. The molecule has 2 fully saturated rings. The van der Waals surface area contributed by atoms with E-state index in [1.165, 1.54) is 0 Å². The van der Waals surface area contributed by atoms with Crippen LogP contribution in [0.15, 0.2) is 60.0 Å². The molecule has 1 atom stereocenters. The fourth-order valence-electron chi connectivity index (χ4n) is 6.76. The second kappa shape index (κ2) is 19.9. The quantitative estimate of drug-likeness (QED) is 0.0723. The van der Waals surface area contributed by atoms with Gasteiger partial charge in [-0.05, 0) is 74.4 Å². The maximum atomic E-state index is 12.0. The first-order chi connectivity index (χ1) is 26.3. The van der Waals surface area contributed by atoms with E-state index in [0.717, 1.165) is 48.7 Å². The van der Waals surface area contributed by atoms with Gasteiger partial charge in [0.05, 0.1) is 44.8 Å². The number of pyridine rings is 1. The number of ether oxygens (including phenoxy) is 4. The predicted molar refractivity (Wildman–Crippen MR) is 218 cm³/mol. The maximum Gasteiger partial charge on any atom is 0.286 e. The number of methoxy groups -OCH3 is 2. The number of carbonyl (C=O) groups is 2. The van der Waals surface area contributed by atoms with Crippen LogP contribution in [0, 0.1) is 5.41 Å². The molecule has 0 radical (unpaired) electrons.